The number of aromatic nitrogens is 2. The van der Waals surface area contributed by atoms with Gasteiger partial charge in [0.2, 0.25) is 0 Å². The molecule has 0 amide bonds. The van der Waals surface area contributed by atoms with E-state index in [9.17, 15) is 10.1 Å². The van der Waals surface area contributed by atoms with E-state index in [1.807, 2.05) is 6.26 Å². The number of halogens is 1. The second-order valence-corrected chi connectivity index (χ2v) is 4.15. The second kappa shape index (κ2) is 4.72. The third kappa shape index (κ3) is 2.40. The molecular formula is C9H6ClN3O3S. The molecule has 0 N–H and O–H groups in total. The Hall–Kier alpha value is -1.60. The number of rotatable bonds is 3. The maximum absolute atomic E-state index is 10.5. The number of nitro groups is 1. The Bertz CT molecular complexity index is 572. The molecule has 0 saturated heterocycles. The lowest BCUT2D eigenvalue weighted by Gasteiger charge is -2.00. The molecule has 8 heteroatoms. The van der Waals surface area contributed by atoms with Crippen molar-refractivity contribution in [3.8, 4) is 11.6 Å². The largest absolute Gasteiger partial charge is 0.433 e. The van der Waals surface area contributed by atoms with Crippen LogP contribution in [0.15, 0.2) is 27.8 Å². The third-order valence-corrected chi connectivity index (χ3v) is 2.98. The fourth-order valence-corrected chi connectivity index (χ4v) is 1.91. The van der Waals surface area contributed by atoms with Gasteiger partial charge in [-0.1, -0.05) is 11.6 Å². The van der Waals surface area contributed by atoms with E-state index < -0.39 is 4.92 Å². The lowest BCUT2D eigenvalue weighted by Crippen LogP contribution is -1.90. The van der Waals surface area contributed by atoms with Gasteiger partial charge in [0.05, 0.1) is 17.3 Å². The Morgan fingerprint density at radius 1 is 1.53 bits per heavy atom. The van der Waals surface area contributed by atoms with Crippen LogP contribution in [0.2, 0.25) is 5.02 Å². The van der Waals surface area contributed by atoms with Gasteiger partial charge >= 0.3 is 5.88 Å². The predicted octanol–water partition coefficient (Wildman–Crippen LogP) is 3.02. The molecule has 0 saturated carbocycles. The summed E-state index contributed by atoms with van der Waals surface area (Å²) in [6.07, 6.45) is 3.26. The van der Waals surface area contributed by atoms with Gasteiger partial charge in [-0.3, -0.25) is 10.1 Å². The molecule has 0 spiro atoms. The van der Waals surface area contributed by atoms with Gasteiger partial charge in [-0.05, 0) is 12.3 Å². The summed E-state index contributed by atoms with van der Waals surface area (Å²) < 4.78 is 4.99. The highest BCUT2D eigenvalue weighted by molar-refractivity contribution is 7.98. The van der Waals surface area contributed by atoms with Crippen molar-refractivity contribution in [2.75, 3.05) is 6.26 Å². The Balaban J connectivity index is 2.42. The van der Waals surface area contributed by atoms with Gasteiger partial charge in [-0.25, -0.2) is 9.97 Å². The zero-order valence-corrected chi connectivity index (χ0v) is 10.2. The van der Waals surface area contributed by atoms with Gasteiger partial charge < -0.3 is 4.42 Å². The zero-order chi connectivity index (χ0) is 12.4. The van der Waals surface area contributed by atoms with E-state index in [2.05, 4.69) is 9.97 Å². The van der Waals surface area contributed by atoms with Crippen LogP contribution in [0.25, 0.3) is 11.6 Å². The first-order valence-electron chi connectivity index (χ1n) is 4.43. The maximum atomic E-state index is 10.5. The average Bonchev–Trinajstić information content (AvgIpc) is 2.79. The van der Waals surface area contributed by atoms with Crippen molar-refractivity contribution < 1.29 is 9.34 Å². The van der Waals surface area contributed by atoms with Crippen molar-refractivity contribution in [1.82, 2.24) is 9.97 Å². The topological polar surface area (TPSA) is 82.1 Å². The molecule has 0 aliphatic carbocycles. The molecule has 0 unspecified atom stereocenters. The standard InChI is InChI=1S/C9H6ClN3O3S/c1-17-9-5(10)4-11-8(12-9)6-2-3-7(16-6)13(14)15/h2-4H,1H3. The quantitative estimate of drug-likeness (QED) is 0.369. The van der Waals surface area contributed by atoms with E-state index in [1.165, 1.54) is 30.1 Å². The van der Waals surface area contributed by atoms with Crippen molar-refractivity contribution in [3.63, 3.8) is 0 Å². The first-order valence-corrected chi connectivity index (χ1v) is 6.03. The van der Waals surface area contributed by atoms with Gasteiger partial charge in [-0.15, -0.1) is 11.8 Å². The SMILES string of the molecule is CSc1nc(-c2ccc([N+](=O)[O-])o2)ncc1Cl. The highest BCUT2D eigenvalue weighted by Crippen LogP contribution is 2.27. The molecule has 0 aliphatic rings. The van der Waals surface area contributed by atoms with E-state index in [0.717, 1.165) is 0 Å². The van der Waals surface area contributed by atoms with E-state index in [1.54, 1.807) is 0 Å². The highest BCUT2D eigenvalue weighted by Gasteiger charge is 2.15. The molecule has 2 heterocycles. The van der Waals surface area contributed by atoms with Crippen LogP contribution in [-0.2, 0) is 0 Å². The molecule has 6 nitrogen and oxygen atoms in total. The van der Waals surface area contributed by atoms with Crippen LogP contribution in [0.4, 0.5) is 5.88 Å². The molecule has 2 rings (SSSR count). The van der Waals surface area contributed by atoms with Crippen molar-refractivity contribution in [1.29, 1.82) is 0 Å². The van der Waals surface area contributed by atoms with Crippen molar-refractivity contribution in [3.05, 3.63) is 33.5 Å². The van der Waals surface area contributed by atoms with Crippen LogP contribution >= 0.6 is 23.4 Å². The van der Waals surface area contributed by atoms with E-state index in [4.69, 9.17) is 16.0 Å². The summed E-state index contributed by atoms with van der Waals surface area (Å²) in [7, 11) is 0. The molecule has 0 radical (unpaired) electrons. The molecule has 17 heavy (non-hydrogen) atoms. The van der Waals surface area contributed by atoms with Gasteiger partial charge in [-0.2, -0.15) is 0 Å². The van der Waals surface area contributed by atoms with E-state index in [0.29, 0.717) is 10.0 Å². The van der Waals surface area contributed by atoms with Crippen molar-refractivity contribution in [2.24, 2.45) is 0 Å². The molecule has 2 aromatic rings. The number of furan rings is 1. The minimum Gasteiger partial charge on any atom is -0.397 e. The molecule has 0 atom stereocenters. The summed E-state index contributed by atoms with van der Waals surface area (Å²) >= 11 is 7.21. The monoisotopic (exact) mass is 271 g/mol. The highest BCUT2D eigenvalue weighted by atomic mass is 35.5. The van der Waals surface area contributed by atoms with Gasteiger partial charge in [0, 0.05) is 0 Å². The fraction of sp³-hybridized carbons (Fsp3) is 0.111. The summed E-state index contributed by atoms with van der Waals surface area (Å²) in [6.45, 7) is 0. The molecule has 2 aromatic heterocycles. The summed E-state index contributed by atoms with van der Waals surface area (Å²) in [5.41, 5.74) is 0. The Morgan fingerprint density at radius 3 is 2.88 bits per heavy atom. The maximum Gasteiger partial charge on any atom is 0.433 e. The number of hydrogen-bond donors (Lipinski definition) is 0. The van der Waals surface area contributed by atoms with Crippen molar-refractivity contribution in [2.45, 2.75) is 5.03 Å². The van der Waals surface area contributed by atoms with Crippen LogP contribution in [-0.4, -0.2) is 21.1 Å². The summed E-state index contributed by atoms with van der Waals surface area (Å²) in [6, 6.07) is 2.71. The van der Waals surface area contributed by atoms with Crippen LogP contribution in [0, 0.1) is 10.1 Å². The number of nitrogens with zero attached hydrogens (tertiary/aromatic N) is 3. The van der Waals surface area contributed by atoms with E-state index in [-0.39, 0.29) is 17.5 Å². The van der Waals surface area contributed by atoms with Crippen LogP contribution in [0.5, 0.6) is 0 Å². The Morgan fingerprint density at radius 2 is 2.29 bits per heavy atom. The molecule has 88 valence electrons. The number of thioether (sulfide) groups is 1. The predicted molar refractivity (Wildman–Crippen MR) is 63.2 cm³/mol. The Kier molecular flexibility index (Phi) is 3.30. The van der Waals surface area contributed by atoms with E-state index >= 15 is 0 Å². The molecule has 0 aromatic carbocycles. The fourth-order valence-electron chi connectivity index (χ4n) is 1.16. The summed E-state index contributed by atoms with van der Waals surface area (Å²) in [5.74, 6) is 0.166. The van der Waals surface area contributed by atoms with Crippen LogP contribution < -0.4 is 0 Å². The summed E-state index contributed by atoms with van der Waals surface area (Å²) in [5, 5.41) is 11.5. The molecule has 0 fully saturated rings. The minimum atomic E-state index is -0.616. The van der Waals surface area contributed by atoms with Crippen molar-refractivity contribution >= 4 is 29.2 Å². The third-order valence-electron chi connectivity index (χ3n) is 1.90. The zero-order valence-electron chi connectivity index (χ0n) is 8.58. The molecular weight excluding hydrogens is 266 g/mol. The minimum absolute atomic E-state index is 0.240. The normalized spacial score (nSPS) is 10.5. The lowest BCUT2D eigenvalue weighted by molar-refractivity contribution is -0.401. The lowest BCUT2D eigenvalue weighted by atomic mass is 10.4. The molecule has 0 bridgehead atoms. The van der Waals surface area contributed by atoms with Gasteiger partial charge in [0.25, 0.3) is 0 Å². The van der Waals surface area contributed by atoms with Crippen LogP contribution in [0.3, 0.4) is 0 Å². The first-order chi connectivity index (χ1) is 8.11. The summed E-state index contributed by atoms with van der Waals surface area (Å²) in [4.78, 5) is 17.9. The van der Waals surface area contributed by atoms with Crippen LogP contribution in [0.1, 0.15) is 0 Å². The Labute approximate surface area is 105 Å². The smallest absolute Gasteiger partial charge is 0.397 e. The first kappa shape index (κ1) is 11.9. The molecule has 0 aliphatic heterocycles. The van der Waals surface area contributed by atoms with Gasteiger partial charge in [0.15, 0.2) is 11.6 Å². The average molecular weight is 272 g/mol. The second-order valence-electron chi connectivity index (χ2n) is 2.95. The van der Waals surface area contributed by atoms with Gasteiger partial charge in [0.1, 0.15) is 9.95 Å². The number of hydrogen-bond acceptors (Lipinski definition) is 6.